The van der Waals surface area contributed by atoms with Crippen molar-refractivity contribution in [1.29, 1.82) is 0 Å². The van der Waals surface area contributed by atoms with Gasteiger partial charge in [-0.1, -0.05) is 38.8 Å². The van der Waals surface area contributed by atoms with Crippen LogP contribution in [-0.2, 0) is 29.0 Å². The number of aliphatic hydroxyl groups excluding tert-OH is 1. The maximum atomic E-state index is 11.6. The second kappa shape index (κ2) is 11.8. The minimum Gasteiger partial charge on any atom is -0.490 e. The van der Waals surface area contributed by atoms with Crippen molar-refractivity contribution in [3.63, 3.8) is 0 Å². The van der Waals surface area contributed by atoms with Gasteiger partial charge >= 0.3 is 5.97 Å². The molecule has 1 aromatic heterocycles. The van der Waals surface area contributed by atoms with Gasteiger partial charge in [0.2, 0.25) is 0 Å². The molecular weight excluding hydrogens is 392 g/mol. The summed E-state index contributed by atoms with van der Waals surface area (Å²) in [5.41, 5.74) is 2.46. The second-order valence-electron chi connectivity index (χ2n) is 7.09. The zero-order chi connectivity index (χ0) is 21.2. The van der Waals surface area contributed by atoms with Gasteiger partial charge in [0.05, 0.1) is 31.5 Å². The molecule has 1 atom stereocenters. The minimum atomic E-state index is -0.272. The van der Waals surface area contributed by atoms with Gasteiger partial charge in [0, 0.05) is 24.6 Å². The monoisotopic (exact) mass is 422 g/mol. The molecule has 0 radical (unpaired) electrons. The van der Waals surface area contributed by atoms with Gasteiger partial charge in [0.25, 0.3) is 0 Å². The predicted molar refractivity (Wildman–Crippen MR) is 113 cm³/mol. The van der Waals surface area contributed by atoms with Crippen LogP contribution in [0.15, 0.2) is 24.3 Å². The molecule has 0 amide bonds. The number of rotatable bonds is 12. The van der Waals surface area contributed by atoms with E-state index in [1.807, 2.05) is 24.3 Å². The number of aryl methyl sites for hydroxylation is 1. The molecule has 0 aliphatic rings. The number of aromatic nitrogens is 2. The summed E-state index contributed by atoms with van der Waals surface area (Å²) in [6.07, 6.45) is 5.15. The molecular formula is C22H31ClN2O4. The fourth-order valence-corrected chi connectivity index (χ4v) is 3.47. The lowest BCUT2D eigenvalue weighted by Crippen LogP contribution is -2.21. The van der Waals surface area contributed by atoms with Crippen LogP contribution >= 0.6 is 11.8 Å². The van der Waals surface area contributed by atoms with Crippen LogP contribution in [0.2, 0.25) is 0 Å². The molecule has 1 aromatic carbocycles. The number of hydrogen-bond acceptors (Lipinski definition) is 5. The van der Waals surface area contributed by atoms with Crippen molar-refractivity contribution in [1.82, 2.24) is 9.07 Å². The van der Waals surface area contributed by atoms with E-state index in [1.165, 1.54) is 7.11 Å². The third-order valence-corrected chi connectivity index (χ3v) is 5.19. The van der Waals surface area contributed by atoms with Gasteiger partial charge < -0.3 is 14.6 Å². The number of carbonyl (C=O) groups is 1. The maximum absolute atomic E-state index is 11.6. The van der Waals surface area contributed by atoms with Crippen molar-refractivity contribution < 1.29 is 19.4 Å². The topological polar surface area (TPSA) is 73.6 Å². The Morgan fingerprint density at radius 1 is 1.24 bits per heavy atom. The van der Waals surface area contributed by atoms with Crippen molar-refractivity contribution in [2.75, 3.05) is 7.11 Å². The molecule has 0 fully saturated rings. The van der Waals surface area contributed by atoms with E-state index in [4.69, 9.17) is 21.3 Å². The van der Waals surface area contributed by atoms with E-state index in [-0.39, 0.29) is 25.1 Å². The third-order valence-electron chi connectivity index (χ3n) is 4.79. The van der Waals surface area contributed by atoms with Crippen LogP contribution in [0, 0.1) is 0 Å². The zero-order valence-electron chi connectivity index (χ0n) is 17.5. The lowest BCUT2D eigenvalue weighted by atomic mass is 10.1. The van der Waals surface area contributed by atoms with Crippen LogP contribution in [-0.4, -0.2) is 33.4 Å². The molecule has 160 valence electrons. The molecule has 7 heteroatoms. The Kier molecular flexibility index (Phi) is 9.48. The number of carbonyl (C=O) groups excluding carboxylic acids is 1. The Balaban J connectivity index is 2.08. The summed E-state index contributed by atoms with van der Waals surface area (Å²) in [5.74, 6) is 1.23. The summed E-state index contributed by atoms with van der Waals surface area (Å²) in [5, 5.41) is 9.65. The molecule has 1 unspecified atom stereocenters. The molecule has 2 rings (SSSR count). The smallest absolute Gasteiger partial charge is 0.309 e. The molecule has 1 heterocycles. The van der Waals surface area contributed by atoms with E-state index in [0.717, 1.165) is 49.2 Å². The number of methoxy groups -OCH3 is 1. The first kappa shape index (κ1) is 23.2. The third kappa shape index (κ3) is 6.75. The molecule has 0 aliphatic heterocycles. The average molecular weight is 423 g/mol. The van der Waals surface area contributed by atoms with Crippen LogP contribution < -0.4 is 4.74 Å². The quantitative estimate of drug-likeness (QED) is 0.512. The maximum Gasteiger partial charge on any atom is 0.309 e. The minimum absolute atomic E-state index is 0.137. The largest absolute Gasteiger partial charge is 0.490 e. The van der Waals surface area contributed by atoms with Gasteiger partial charge in [-0.25, -0.2) is 9.07 Å². The van der Waals surface area contributed by atoms with E-state index in [9.17, 15) is 9.90 Å². The molecule has 6 nitrogen and oxygen atoms in total. The van der Waals surface area contributed by atoms with Crippen LogP contribution in [0.5, 0.6) is 5.75 Å². The van der Waals surface area contributed by atoms with Gasteiger partial charge in [-0.05, 0) is 30.5 Å². The lowest BCUT2D eigenvalue weighted by Gasteiger charge is -2.17. The Morgan fingerprint density at radius 2 is 1.97 bits per heavy atom. The van der Waals surface area contributed by atoms with Crippen molar-refractivity contribution >= 4 is 17.7 Å². The number of esters is 1. The Bertz CT molecular complexity index is 774. The molecule has 0 aliphatic carbocycles. The van der Waals surface area contributed by atoms with Crippen molar-refractivity contribution in [2.45, 2.75) is 71.5 Å². The average Bonchev–Trinajstić information content (AvgIpc) is 3.02. The summed E-state index contributed by atoms with van der Waals surface area (Å²) >= 11 is 6.47. The SMILES string of the molecule is CCCCc1nc(CO)c(Cc2ccc(OC(CCC)CC(=O)OC)cc2)n1Cl. The highest BCUT2D eigenvalue weighted by molar-refractivity contribution is 6.16. The highest BCUT2D eigenvalue weighted by Gasteiger charge is 2.17. The number of hydrogen-bond donors (Lipinski definition) is 1. The van der Waals surface area contributed by atoms with Crippen molar-refractivity contribution in [3.05, 3.63) is 47.0 Å². The van der Waals surface area contributed by atoms with Crippen LogP contribution in [0.4, 0.5) is 0 Å². The highest BCUT2D eigenvalue weighted by Crippen LogP contribution is 2.22. The van der Waals surface area contributed by atoms with Crippen LogP contribution in [0.1, 0.15) is 68.7 Å². The number of halogens is 1. The van der Waals surface area contributed by atoms with Gasteiger partial charge in [-0.2, -0.15) is 0 Å². The predicted octanol–water partition coefficient (Wildman–Crippen LogP) is 4.42. The van der Waals surface area contributed by atoms with E-state index < -0.39 is 0 Å². The fourth-order valence-electron chi connectivity index (χ4n) is 3.19. The molecule has 0 saturated heterocycles. The first-order valence-corrected chi connectivity index (χ1v) is 10.5. The van der Waals surface area contributed by atoms with Gasteiger partial charge in [-0.15, -0.1) is 0 Å². The number of imidazole rings is 1. The van der Waals surface area contributed by atoms with Gasteiger partial charge in [-0.3, -0.25) is 4.79 Å². The van der Waals surface area contributed by atoms with Crippen molar-refractivity contribution in [3.8, 4) is 5.75 Å². The second-order valence-corrected chi connectivity index (χ2v) is 7.43. The number of aliphatic hydroxyl groups is 1. The summed E-state index contributed by atoms with van der Waals surface area (Å²) in [4.78, 5) is 16.0. The van der Waals surface area contributed by atoms with Crippen molar-refractivity contribution in [2.24, 2.45) is 0 Å². The number of nitrogens with zero attached hydrogens (tertiary/aromatic N) is 2. The summed E-state index contributed by atoms with van der Waals surface area (Å²) in [6.45, 7) is 4.04. The standard InChI is InChI=1S/C22H31ClN2O4/c1-4-6-8-21-24-19(15-26)20(25(21)23)13-16-9-11-17(12-10-16)29-18(7-5-2)14-22(27)28-3/h9-12,18,26H,4-8,13-15H2,1-3H3. The summed E-state index contributed by atoms with van der Waals surface area (Å²) < 4.78 is 12.3. The molecule has 0 saturated carbocycles. The van der Waals surface area contributed by atoms with E-state index in [2.05, 4.69) is 18.8 Å². The zero-order valence-corrected chi connectivity index (χ0v) is 18.2. The number of ether oxygens (including phenoxy) is 2. The van der Waals surface area contributed by atoms with E-state index in [1.54, 1.807) is 4.09 Å². The molecule has 2 aromatic rings. The molecule has 29 heavy (non-hydrogen) atoms. The first-order valence-electron chi connectivity index (χ1n) is 10.2. The number of benzene rings is 1. The van der Waals surface area contributed by atoms with Crippen LogP contribution in [0.25, 0.3) is 0 Å². The summed E-state index contributed by atoms with van der Waals surface area (Å²) in [6, 6.07) is 7.71. The van der Waals surface area contributed by atoms with Gasteiger partial charge in [0.15, 0.2) is 0 Å². The Morgan fingerprint density at radius 3 is 2.55 bits per heavy atom. The van der Waals surface area contributed by atoms with Crippen LogP contribution in [0.3, 0.4) is 0 Å². The first-order chi connectivity index (χ1) is 14.0. The van der Waals surface area contributed by atoms with Gasteiger partial charge in [0.1, 0.15) is 17.7 Å². The van der Waals surface area contributed by atoms with E-state index in [0.29, 0.717) is 17.9 Å². The number of unbranched alkanes of at least 4 members (excludes halogenated alkanes) is 1. The highest BCUT2D eigenvalue weighted by atomic mass is 35.5. The Labute approximate surface area is 177 Å². The van der Waals surface area contributed by atoms with E-state index >= 15 is 0 Å². The molecule has 1 N–H and O–H groups in total. The lowest BCUT2D eigenvalue weighted by molar-refractivity contribution is -0.142. The molecule has 0 bridgehead atoms. The Hall–Kier alpha value is -2.05. The fraction of sp³-hybridized carbons (Fsp3) is 0.545. The molecule has 0 spiro atoms. The summed E-state index contributed by atoms with van der Waals surface area (Å²) in [7, 11) is 1.38. The normalized spacial score (nSPS) is 12.0.